The third-order valence-electron chi connectivity index (χ3n) is 2.95. The maximum Gasteiger partial charge on any atom is 0.0838 e. The summed E-state index contributed by atoms with van der Waals surface area (Å²) in [6, 6.07) is 10.6. The topological polar surface area (TPSA) is 12.5 Å². The van der Waals surface area contributed by atoms with Crippen molar-refractivity contribution in [3.63, 3.8) is 0 Å². The minimum absolute atomic E-state index is 0.281. The molecule has 0 aromatic heterocycles. The van der Waals surface area contributed by atoms with E-state index in [-0.39, 0.29) is 6.10 Å². The average molecular weight is 251 g/mol. The van der Waals surface area contributed by atoms with Crippen molar-refractivity contribution < 1.29 is 4.74 Å². The molecule has 0 bridgehead atoms. The minimum atomic E-state index is 0.281. The maximum absolute atomic E-state index is 5.94. The molecule has 0 amide bonds. The second kappa shape index (κ2) is 7.04. The number of ether oxygens (including phenoxy) is 1. The summed E-state index contributed by atoms with van der Waals surface area (Å²) in [6.07, 6.45) is 2.62. The Hall–Kier alpha value is -0.510. The van der Waals surface area contributed by atoms with Gasteiger partial charge in [0.15, 0.2) is 0 Å². The lowest BCUT2D eigenvalue weighted by molar-refractivity contribution is 0.0635. The van der Waals surface area contributed by atoms with E-state index in [1.807, 2.05) is 11.9 Å². The van der Waals surface area contributed by atoms with Crippen molar-refractivity contribution in [2.45, 2.75) is 25.9 Å². The van der Waals surface area contributed by atoms with Gasteiger partial charge in [-0.1, -0.05) is 49.2 Å². The second-order valence-electron chi connectivity index (χ2n) is 4.32. The maximum atomic E-state index is 5.94. The van der Waals surface area contributed by atoms with E-state index in [1.165, 1.54) is 17.7 Å². The highest BCUT2D eigenvalue weighted by Gasteiger charge is 2.18. The Morgan fingerprint density at radius 2 is 2.12 bits per heavy atom. The van der Waals surface area contributed by atoms with Gasteiger partial charge in [0.05, 0.1) is 12.7 Å². The van der Waals surface area contributed by atoms with Gasteiger partial charge in [-0.25, -0.2) is 4.31 Å². The highest BCUT2D eigenvalue weighted by molar-refractivity contribution is 7.97. The molecule has 2 rings (SSSR count). The van der Waals surface area contributed by atoms with E-state index in [2.05, 4.69) is 41.6 Å². The van der Waals surface area contributed by atoms with Crippen LogP contribution >= 0.6 is 11.9 Å². The first kappa shape index (κ1) is 12.9. The summed E-state index contributed by atoms with van der Waals surface area (Å²) in [5, 5.41) is 0. The van der Waals surface area contributed by atoms with Crippen molar-refractivity contribution in [1.82, 2.24) is 4.31 Å². The quantitative estimate of drug-likeness (QED) is 0.760. The summed E-state index contributed by atoms with van der Waals surface area (Å²) in [4.78, 5) is 0. The highest BCUT2D eigenvalue weighted by atomic mass is 32.2. The molecule has 1 fully saturated rings. The summed E-state index contributed by atoms with van der Waals surface area (Å²) < 4.78 is 8.40. The molecule has 1 aromatic carbocycles. The average Bonchev–Trinajstić information content (AvgIpc) is 2.63. The van der Waals surface area contributed by atoms with Crippen molar-refractivity contribution in [2.75, 3.05) is 25.4 Å². The molecule has 2 nitrogen and oxygen atoms in total. The molecule has 3 heteroatoms. The van der Waals surface area contributed by atoms with Crippen LogP contribution < -0.4 is 0 Å². The predicted octanol–water partition coefficient (Wildman–Crippen LogP) is 3.51. The summed E-state index contributed by atoms with van der Waals surface area (Å²) in [5.41, 5.74) is 1.31. The van der Waals surface area contributed by atoms with Crippen LogP contribution in [-0.2, 0) is 4.74 Å². The molecule has 1 aliphatic heterocycles. The fourth-order valence-corrected chi connectivity index (χ4v) is 2.91. The van der Waals surface area contributed by atoms with Gasteiger partial charge >= 0.3 is 0 Å². The zero-order valence-corrected chi connectivity index (χ0v) is 11.3. The van der Waals surface area contributed by atoms with Gasteiger partial charge in [-0.15, -0.1) is 0 Å². The van der Waals surface area contributed by atoms with E-state index < -0.39 is 0 Å². The van der Waals surface area contributed by atoms with Crippen molar-refractivity contribution in [2.24, 2.45) is 0 Å². The highest BCUT2D eigenvalue weighted by Crippen LogP contribution is 2.25. The Bertz CT molecular complexity index is 317. The van der Waals surface area contributed by atoms with Crippen LogP contribution in [0.1, 0.15) is 31.4 Å². The lowest BCUT2D eigenvalue weighted by Gasteiger charge is -2.17. The van der Waals surface area contributed by atoms with Crippen LogP contribution in [0.15, 0.2) is 30.3 Å². The zero-order valence-electron chi connectivity index (χ0n) is 10.5. The first-order valence-corrected chi connectivity index (χ1v) is 7.39. The third-order valence-corrected chi connectivity index (χ3v) is 4.27. The standard InChI is InChI=1S/C14H21NOS/c1-2-12-17-15-9-8-14(16-11-10-15)13-6-4-3-5-7-13/h3-7,14H,2,8-12H2,1H3. The van der Waals surface area contributed by atoms with Gasteiger partial charge in [0, 0.05) is 18.8 Å². The summed E-state index contributed by atoms with van der Waals surface area (Å²) >= 11 is 1.96. The summed E-state index contributed by atoms with van der Waals surface area (Å²) in [6.45, 7) is 5.25. The van der Waals surface area contributed by atoms with Crippen LogP contribution in [0, 0.1) is 0 Å². The molecule has 1 aromatic rings. The van der Waals surface area contributed by atoms with Gasteiger partial charge in [0.2, 0.25) is 0 Å². The number of hydrogen-bond acceptors (Lipinski definition) is 3. The molecule has 0 radical (unpaired) electrons. The summed E-state index contributed by atoms with van der Waals surface area (Å²) in [5.74, 6) is 1.22. The van der Waals surface area contributed by atoms with Gasteiger partial charge < -0.3 is 4.74 Å². The van der Waals surface area contributed by atoms with Crippen molar-refractivity contribution >= 4 is 11.9 Å². The second-order valence-corrected chi connectivity index (χ2v) is 5.50. The molecule has 0 N–H and O–H groups in total. The molecule has 0 aliphatic carbocycles. The van der Waals surface area contributed by atoms with E-state index >= 15 is 0 Å². The molecule has 1 unspecified atom stereocenters. The van der Waals surface area contributed by atoms with Crippen LogP contribution in [0.2, 0.25) is 0 Å². The molecule has 1 heterocycles. The molecule has 94 valence electrons. The lowest BCUT2D eigenvalue weighted by Crippen LogP contribution is -2.19. The lowest BCUT2D eigenvalue weighted by atomic mass is 10.1. The first-order chi connectivity index (χ1) is 8.40. The molecule has 0 saturated carbocycles. The van der Waals surface area contributed by atoms with Crippen molar-refractivity contribution in [3.05, 3.63) is 35.9 Å². The minimum Gasteiger partial charge on any atom is -0.372 e. The van der Waals surface area contributed by atoms with E-state index in [1.54, 1.807) is 0 Å². The molecule has 1 saturated heterocycles. The van der Waals surface area contributed by atoms with Crippen LogP contribution in [0.4, 0.5) is 0 Å². The van der Waals surface area contributed by atoms with E-state index in [9.17, 15) is 0 Å². The molecule has 1 atom stereocenters. The van der Waals surface area contributed by atoms with Gasteiger partial charge in [0.1, 0.15) is 0 Å². The van der Waals surface area contributed by atoms with Crippen LogP contribution in [0.25, 0.3) is 0 Å². The largest absolute Gasteiger partial charge is 0.372 e. The van der Waals surface area contributed by atoms with E-state index in [4.69, 9.17) is 4.74 Å². The van der Waals surface area contributed by atoms with Gasteiger partial charge in [-0.05, 0) is 18.4 Å². The van der Waals surface area contributed by atoms with Crippen LogP contribution in [0.3, 0.4) is 0 Å². The van der Waals surface area contributed by atoms with E-state index in [0.717, 1.165) is 26.1 Å². The number of rotatable bonds is 4. The first-order valence-electron chi connectivity index (χ1n) is 6.44. The fourth-order valence-electron chi connectivity index (χ4n) is 2.03. The SMILES string of the molecule is CCCSN1CCOC(c2ccccc2)CC1. The van der Waals surface area contributed by atoms with E-state index in [0.29, 0.717) is 0 Å². The summed E-state index contributed by atoms with van der Waals surface area (Å²) in [7, 11) is 0. The fraction of sp³-hybridized carbons (Fsp3) is 0.571. The normalized spacial score (nSPS) is 22.3. The van der Waals surface area contributed by atoms with Gasteiger partial charge in [0.25, 0.3) is 0 Å². The Kier molecular flexibility index (Phi) is 5.36. The predicted molar refractivity (Wildman–Crippen MR) is 74.1 cm³/mol. The van der Waals surface area contributed by atoms with Crippen LogP contribution in [0.5, 0.6) is 0 Å². The molecule has 0 spiro atoms. The Labute approximate surface area is 108 Å². The number of hydrogen-bond donors (Lipinski definition) is 0. The number of nitrogens with zero attached hydrogens (tertiary/aromatic N) is 1. The molecule has 1 aliphatic rings. The number of benzene rings is 1. The van der Waals surface area contributed by atoms with Gasteiger partial charge in [-0.3, -0.25) is 0 Å². The third kappa shape index (κ3) is 4.02. The van der Waals surface area contributed by atoms with Crippen LogP contribution in [-0.4, -0.2) is 29.8 Å². The Balaban J connectivity index is 1.87. The van der Waals surface area contributed by atoms with Crippen molar-refractivity contribution in [1.29, 1.82) is 0 Å². The van der Waals surface area contributed by atoms with Crippen molar-refractivity contribution in [3.8, 4) is 0 Å². The Morgan fingerprint density at radius 3 is 2.88 bits per heavy atom. The molecular weight excluding hydrogens is 230 g/mol. The monoisotopic (exact) mass is 251 g/mol. The molecular formula is C14H21NOS. The smallest absolute Gasteiger partial charge is 0.0838 e. The Morgan fingerprint density at radius 1 is 1.29 bits per heavy atom. The zero-order chi connectivity index (χ0) is 11.9. The van der Waals surface area contributed by atoms with Gasteiger partial charge in [-0.2, -0.15) is 0 Å². The molecule has 17 heavy (non-hydrogen) atoms.